The number of Topliss-reactive ketones (excluding diaryl/α,β-unsaturated/α-hetero) is 1. The molecule has 0 amide bonds. The highest BCUT2D eigenvalue weighted by Crippen LogP contribution is 2.22. The summed E-state index contributed by atoms with van der Waals surface area (Å²) in [6, 6.07) is 0. The lowest BCUT2D eigenvalue weighted by Gasteiger charge is -2.15. The molecule has 0 aromatic heterocycles. The quantitative estimate of drug-likeness (QED) is 0.591. The van der Waals surface area contributed by atoms with Gasteiger partial charge >= 0.3 is 0 Å². The molecule has 0 aromatic carbocycles. The van der Waals surface area contributed by atoms with E-state index in [1.807, 2.05) is 0 Å². The minimum atomic E-state index is -0.633. The molecule has 1 heterocycles. The highest BCUT2D eigenvalue weighted by atomic mass is 35.5. The molecule has 1 rings (SSSR count). The average Bonchev–Trinajstić information content (AvgIpc) is 2.29. The third-order valence-corrected chi connectivity index (χ3v) is 1.76. The summed E-state index contributed by atoms with van der Waals surface area (Å²) >= 11 is 5.34. The Hall–Kier alpha value is -0.120. The zero-order valence-corrected chi connectivity index (χ0v) is 7.35. The van der Waals surface area contributed by atoms with Crippen LogP contribution >= 0.6 is 11.6 Å². The predicted molar refractivity (Wildman–Crippen MR) is 40.6 cm³/mol. The first-order chi connectivity index (χ1) is 5.05. The third-order valence-electron chi connectivity index (χ3n) is 1.50. The molecular formula is C7H11ClO3. The largest absolute Gasteiger partial charge is 0.347 e. The maximum absolute atomic E-state index is 11.0. The Morgan fingerprint density at radius 1 is 1.73 bits per heavy atom. The summed E-state index contributed by atoms with van der Waals surface area (Å²) in [7, 11) is 0. The van der Waals surface area contributed by atoms with Crippen molar-refractivity contribution in [1.29, 1.82) is 0 Å². The second-order valence-corrected chi connectivity index (χ2v) is 3.18. The van der Waals surface area contributed by atoms with Gasteiger partial charge < -0.3 is 9.47 Å². The van der Waals surface area contributed by atoms with E-state index in [0.29, 0.717) is 6.61 Å². The van der Waals surface area contributed by atoms with Crippen LogP contribution in [0.2, 0.25) is 0 Å². The standard InChI is InChI=1S/C7H11ClO3/c1-7(2)10-4-6(11-7)5(9)3-8/h6H,3-4H2,1-2H3/t6-/m0/s1. The zero-order valence-electron chi connectivity index (χ0n) is 6.59. The van der Waals surface area contributed by atoms with Crippen LogP contribution in [-0.2, 0) is 14.3 Å². The van der Waals surface area contributed by atoms with E-state index in [1.54, 1.807) is 13.8 Å². The first-order valence-corrected chi connectivity index (χ1v) is 3.99. The van der Waals surface area contributed by atoms with Crippen LogP contribution in [0.25, 0.3) is 0 Å². The zero-order chi connectivity index (χ0) is 8.48. The van der Waals surface area contributed by atoms with Gasteiger partial charge in [-0.25, -0.2) is 0 Å². The second-order valence-electron chi connectivity index (χ2n) is 2.92. The van der Waals surface area contributed by atoms with Crippen molar-refractivity contribution in [3.63, 3.8) is 0 Å². The van der Waals surface area contributed by atoms with Crippen LogP contribution < -0.4 is 0 Å². The van der Waals surface area contributed by atoms with E-state index < -0.39 is 11.9 Å². The SMILES string of the molecule is CC1(C)OC[C@@H](C(=O)CCl)O1. The topological polar surface area (TPSA) is 35.5 Å². The van der Waals surface area contributed by atoms with Crippen molar-refractivity contribution in [2.24, 2.45) is 0 Å². The number of hydrogen-bond donors (Lipinski definition) is 0. The number of ether oxygens (including phenoxy) is 2. The molecule has 1 atom stereocenters. The Morgan fingerprint density at radius 3 is 2.73 bits per heavy atom. The predicted octanol–water partition coefficient (Wildman–Crippen LogP) is 0.946. The lowest BCUT2D eigenvalue weighted by molar-refractivity contribution is -0.150. The first-order valence-electron chi connectivity index (χ1n) is 3.45. The lowest BCUT2D eigenvalue weighted by Crippen LogP contribution is -2.27. The lowest BCUT2D eigenvalue weighted by atomic mass is 10.3. The molecule has 0 unspecified atom stereocenters. The maximum atomic E-state index is 11.0. The molecule has 0 N–H and O–H groups in total. The summed E-state index contributed by atoms with van der Waals surface area (Å²) in [5, 5.41) is 0. The van der Waals surface area contributed by atoms with Crippen LogP contribution in [0, 0.1) is 0 Å². The van der Waals surface area contributed by atoms with E-state index in [2.05, 4.69) is 0 Å². The number of carbonyl (C=O) groups is 1. The van der Waals surface area contributed by atoms with Crippen molar-refractivity contribution in [2.75, 3.05) is 12.5 Å². The smallest absolute Gasteiger partial charge is 0.178 e. The summed E-state index contributed by atoms with van der Waals surface area (Å²) < 4.78 is 10.4. The van der Waals surface area contributed by atoms with Gasteiger partial charge in [-0.2, -0.15) is 0 Å². The minimum absolute atomic E-state index is 0.00981. The molecule has 0 aliphatic carbocycles. The highest BCUT2D eigenvalue weighted by molar-refractivity contribution is 6.28. The van der Waals surface area contributed by atoms with Gasteiger partial charge in [0.15, 0.2) is 11.6 Å². The Morgan fingerprint density at radius 2 is 2.36 bits per heavy atom. The van der Waals surface area contributed by atoms with E-state index in [1.165, 1.54) is 0 Å². The molecule has 0 radical (unpaired) electrons. The molecule has 0 aromatic rings. The van der Waals surface area contributed by atoms with Crippen molar-refractivity contribution in [1.82, 2.24) is 0 Å². The fraction of sp³-hybridized carbons (Fsp3) is 0.857. The summed E-state index contributed by atoms with van der Waals surface area (Å²) in [5.74, 6) is -0.756. The van der Waals surface area contributed by atoms with Crippen LogP contribution in [0.15, 0.2) is 0 Å². The van der Waals surface area contributed by atoms with E-state index >= 15 is 0 Å². The van der Waals surface area contributed by atoms with Crippen molar-refractivity contribution >= 4 is 17.4 Å². The second kappa shape index (κ2) is 3.09. The van der Waals surface area contributed by atoms with Crippen molar-refractivity contribution in [3.8, 4) is 0 Å². The molecular weight excluding hydrogens is 168 g/mol. The Kier molecular flexibility index (Phi) is 2.52. The number of hydrogen-bond acceptors (Lipinski definition) is 3. The Labute approximate surface area is 70.6 Å². The van der Waals surface area contributed by atoms with E-state index in [0.717, 1.165) is 0 Å². The molecule has 1 fully saturated rings. The van der Waals surface area contributed by atoms with Gasteiger partial charge in [0.1, 0.15) is 6.10 Å². The number of carbonyl (C=O) groups excluding carboxylic acids is 1. The van der Waals surface area contributed by atoms with Crippen molar-refractivity contribution in [3.05, 3.63) is 0 Å². The molecule has 0 bridgehead atoms. The van der Waals surface area contributed by atoms with Crippen LogP contribution in [0.3, 0.4) is 0 Å². The molecule has 1 saturated heterocycles. The maximum Gasteiger partial charge on any atom is 0.178 e. The molecule has 3 nitrogen and oxygen atoms in total. The van der Waals surface area contributed by atoms with Gasteiger partial charge in [-0.15, -0.1) is 11.6 Å². The Bertz CT molecular complexity index is 167. The van der Waals surface area contributed by atoms with Crippen LogP contribution in [0.4, 0.5) is 0 Å². The molecule has 0 spiro atoms. The molecule has 1 aliphatic rings. The molecule has 64 valence electrons. The van der Waals surface area contributed by atoms with Gasteiger partial charge in [0.2, 0.25) is 0 Å². The number of ketones is 1. The van der Waals surface area contributed by atoms with Gasteiger partial charge in [0.25, 0.3) is 0 Å². The Balaban J connectivity index is 2.48. The highest BCUT2D eigenvalue weighted by Gasteiger charge is 2.36. The van der Waals surface area contributed by atoms with Gasteiger partial charge in [0.05, 0.1) is 12.5 Å². The summed E-state index contributed by atoms with van der Waals surface area (Å²) in [5.41, 5.74) is 0. The van der Waals surface area contributed by atoms with Crippen LogP contribution in [0.5, 0.6) is 0 Å². The summed E-state index contributed by atoms with van der Waals surface area (Å²) in [6.07, 6.45) is -0.470. The van der Waals surface area contributed by atoms with Gasteiger partial charge in [-0.1, -0.05) is 0 Å². The number of alkyl halides is 1. The average molecular weight is 179 g/mol. The van der Waals surface area contributed by atoms with Crippen LogP contribution in [0.1, 0.15) is 13.8 Å². The fourth-order valence-electron chi connectivity index (χ4n) is 0.932. The monoisotopic (exact) mass is 178 g/mol. The van der Waals surface area contributed by atoms with Gasteiger partial charge in [0, 0.05) is 0 Å². The number of halogens is 1. The van der Waals surface area contributed by atoms with E-state index in [-0.39, 0.29) is 11.7 Å². The van der Waals surface area contributed by atoms with Crippen LogP contribution in [-0.4, -0.2) is 30.2 Å². The van der Waals surface area contributed by atoms with Gasteiger partial charge in [-0.3, -0.25) is 4.79 Å². The first kappa shape index (κ1) is 8.97. The normalized spacial score (nSPS) is 28.8. The molecule has 4 heteroatoms. The molecule has 0 saturated carbocycles. The number of rotatable bonds is 2. The summed E-state index contributed by atoms with van der Waals surface area (Å²) in [6.45, 7) is 3.86. The van der Waals surface area contributed by atoms with E-state index in [9.17, 15) is 4.79 Å². The van der Waals surface area contributed by atoms with Crippen molar-refractivity contribution in [2.45, 2.75) is 25.7 Å². The minimum Gasteiger partial charge on any atom is -0.347 e. The fourth-order valence-corrected chi connectivity index (χ4v) is 1.10. The van der Waals surface area contributed by atoms with Gasteiger partial charge in [-0.05, 0) is 13.8 Å². The van der Waals surface area contributed by atoms with E-state index in [4.69, 9.17) is 21.1 Å². The molecule has 11 heavy (non-hydrogen) atoms. The molecule has 1 aliphatic heterocycles. The summed E-state index contributed by atoms with van der Waals surface area (Å²) in [4.78, 5) is 11.0. The van der Waals surface area contributed by atoms with Crippen molar-refractivity contribution < 1.29 is 14.3 Å². The third kappa shape index (κ3) is 2.15.